The van der Waals surface area contributed by atoms with Crippen LogP contribution in [0.5, 0.6) is 0 Å². The average molecular weight is 931 g/mol. The SMILES string of the molecule is CC/C=C\C/C=C\C/C=C\CCCCCCCC(=O)OC[C@H](COC(=O)CCCCCCC/C=C\CCCCCCCC)OC(=O)CCCCC/C=C\C/C=C\C/C=C\C/C=C\CCCCC. The van der Waals surface area contributed by atoms with Gasteiger partial charge in [-0.1, -0.05) is 208 Å². The average Bonchev–Trinajstić information content (AvgIpc) is 3.33. The second-order valence-electron chi connectivity index (χ2n) is 18.1. The van der Waals surface area contributed by atoms with Crippen molar-refractivity contribution in [2.45, 2.75) is 258 Å². The number of unbranched alkanes of at least 4 members (excludes halogenated alkanes) is 22. The molecule has 6 heteroatoms. The summed E-state index contributed by atoms with van der Waals surface area (Å²) >= 11 is 0. The van der Waals surface area contributed by atoms with Gasteiger partial charge in [-0.25, -0.2) is 0 Å². The maximum absolute atomic E-state index is 12.8. The Balaban J connectivity index is 4.50. The maximum Gasteiger partial charge on any atom is 0.306 e. The number of hydrogen-bond donors (Lipinski definition) is 0. The van der Waals surface area contributed by atoms with Crippen LogP contribution in [0.2, 0.25) is 0 Å². The zero-order valence-corrected chi connectivity index (χ0v) is 43.6. The Morgan fingerprint density at radius 2 is 0.582 bits per heavy atom. The molecule has 1 atom stereocenters. The van der Waals surface area contributed by atoms with Crippen LogP contribution in [-0.4, -0.2) is 37.2 Å². The molecule has 0 rings (SSSR count). The van der Waals surface area contributed by atoms with E-state index < -0.39 is 6.10 Å². The van der Waals surface area contributed by atoms with E-state index in [1.165, 1.54) is 77.0 Å². The van der Waals surface area contributed by atoms with Gasteiger partial charge in [-0.15, -0.1) is 0 Å². The largest absolute Gasteiger partial charge is 0.462 e. The molecule has 0 radical (unpaired) electrons. The second-order valence-corrected chi connectivity index (χ2v) is 18.1. The van der Waals surface area contributed by atoms with Crippen LogP contribution in [-0.2, 0) is 28.6 Å². The zero-order chi connectivity index (χ0) is 48.6. The van der Waals surface area contributed by atoms with Gasteiger partial charge in [0.15, 0.2) is 6.10 Å². The second kappa shape index (κ2) is 54.9. The standard InChI is InChI=1S/C61H102O6/c1-4-7-10-13-16-19-22-25-28-29-30-31-34-37-40-43-46-49-52-55-61(64)67-58(56-65-59(62)53-50-47-44-41-38-35-32-26-23-20-17-14-11-8-5-2)57-66-60(63)54-51-48-45-42-39-36-33-27-24-21-18-15-12-9-6-3/h8,11,16-17,19-20,25-28,30-33,37,40,58H,4-7,9-10,12-15,18,21-24,29,34-36,38-39,41-57H2,1-3H3/b11-8-,19-16-,20-17-,28-25-,31-30-,32-26-,33-27-,40-37-/t58-/m1/s1. The molecular formula is C61H102O6. The van der Waals surface area contributed by atoms with Gasteiger partial charge >= 0.3 is 17.9 Å². The molecular weight excluding hydrogens is 829 g/mol. The fourth-order valence-corrected chi connectivity index (χ4v) is 7.37. The van der Waals surface area contributed by atoms with Gasteiger partial charge in [0.1, 0.15) is 13.2 Å². The van der Waals surface area contributed by atoms with Crippen LogP contribution in [0.1, 0.15) is 252 Å². The topological polar surface area (TPSA) is 78.9 Å². The van der Waals surface area contributed by atoms with Gasteiger partial charge < -0.3 is 14.2 Å². The zero-order valence-electron chi connectivity index (χ0n) is 43.6. The van der Waals surface area contributed by atoms with E-state index in [2.05, 4.69) is 118 Å². The van der Waals surface area contributed by atoms with Crippen LogP contribution < -0.4 is 0 Å². The Hall–Kier alpha value is -3.67. The number of rotatable bonds is 49. The molecule has 0 unspecified atom stereocenters. The highest BCUT2D eigenvalue weighted by molar-refractivity contribution is 5.71. The van der Waals surface area contributed by atoms with Crippen LogP contribution >= 0.6 is 0 Å². The lowest BCUT2D eigenvalue weighted by atomic mass is 10.1. The molecule has 0 aliphatic carbocycles. The van der Waals surface area contributed by atoms with Crippen LogP contribution in [0.4, 0.5) is 0 Å². The monoisotopic (exact) mass is 931 g/mol. The van der Waals surface area contributed by atoms with E-state index in [1.54, 1.807) is 0 Å². The van der Waals surface area contributed by atoms with Crippen LogP contribution in [0, 0.1) is 0 Å². The molecule has 0 aromatic carbocycles. The molecule has 0 saturated heterocycles. The van der Waals surface area contributed by atoms with Crippen molar-refractivity contribution in [3.05, 3.63) is 97.2 Å². The van der Waals surface area contributed by atoms with Gasteiger partial charge in [-0.05, 0) is 122 Å². The number of ether oxygens (including phenoxy) is 3. The van der Waals surface area contributed by atoms with E-state index >= 15 is 0 Å². The summed E-state index contributed by atoms with van der Waals surface area (Å²) in [6.45, 7) is 6.45. The van der Waals surface area contributed by atoms with Crippen molar-refractivity contribution in [3.8, 4) is 0 Å². The van der Waals surface area contributed by atoms with Crippen molar-refractivity contribution in [2.24, 2.45) is 0 Å². The molecule has 0 saturated carbocycles. The van der Waals surface area contributed by atoms with E-state index in [-0.39, 0.29) is 37.5 Å². The summed E-state index contributed by atoms with van der Waals surface area (Å²) < 4.78 is 16.8. The molecule has 0 aromatic heterocycles. The summed E-state index contributed by atoms with van der Waals surface area (Å²) in [4.78, 5) is 38.1. The maximum atomic E-state index is 12.8. The third kappa shape index (κ3) is 53.2. The van der Waals surface area contributed by atoms with Crippen LogP contribution in [0.15, 0.2) is 97.2 Å². The number of esters is 3. The number of allylic oxidation sites excluding steroid dienone is 16. The van der Waals surface area contributed by atoms with Gasteiger partial charge in [0.25, 0.3) is 0 Å². The Kier molecular flexibility index (Phi) is 51.9. The predicted octanol–water partition coefficient (Wildman–Crippen LogP) is 18.5. The van der Waals surface area contributed by atoms with E-state index in [1.807, 2.05) is 0 Å². The van der Waals surface area contributed by atoms with E-state index in [4.69, 9.17) is 14.2 Å². The number of carbonyl (C=O) groups excluding carboxylic acids is 3. The van der Waals surface area contributed by atoms with Gasteiger partial charge in [0.2, 0.25) is 0 Å². The highest BCUT2D eigenvalue weighted by Crippen LogP contribution is 2.13. The third-order valence-corrected chi connectivity index (χ3v) is 11.5. The summed E-state index contributed by atoms with van der Waals surface area (Å²) in [5.74, 6) is -0.957. The molecule has 0 bridgehead atoms. The predicted molar refractivity (Wildman–Crippen MR) is 288 cm³/mol. The van der Waals surface area contributed by atoms with Crippen molar-refractivity contribution in [1.82, 2.24) is 0 Å². The minimum atomic E-state index is -0.806. The van der Waals surface area contributed by atoms with Crippen molar-refractivity contribution < 1.29 is 28.6 Å². The highest BCUT2D eigenvalue weighted by Gasteiger charge is 2.19. The first-order valence-corrected chi connectivity index (χ1v) is 27.7. The molecule has 6 nitrogen and oxygen atoms in total. The minimum Gasteiger partial charge on any atom is -0.462 e. The summed E-state index contributed by atoms with van der Waals surface area (Å²) in [6.07, 6.45) is 72.4. The molecule has 0 aromatic rings. The lowest BCUT2D eigenvalue weighted by Crippen LogP contribution is -2.30. The van der Waals surface area contributed by atoms with Gasteiger partial charge in [0, 0.05) is 19.3 Å². The Bertz CT molecular complexity index is 1350. The molecule has 0 spiro atoms. The molecule has 0 N–H and O–H groups in total. The lowest BCUT2D eigenvalue weighted by Gasteiger charge is -2.18. The van der Waals surface area contributed by atoms with Crippen molar-refractivity contribution in [2.75, 3.05) is 13.2 Å². The summed E-state index contributed by atoms with van der Waals surface area (Å²) in [6, 6.07) is 0. The Morgan fingerprint density at radius 3 is 0.970 bits per heavy atom. The molecule has 382 valence electrons. The van der Waals surface area contributed by atoms with Crippen LogP contribution in [0.3, 0.4) is 0 Å². The summed E-state index contributed by atoms with van der Waals surface area (Å²) in [5, 5.41) is 0. The molecule has 0 aliphatic heterocycles. The van der Waals surface area contributed by atoms with Crippen molar-refractivity contribution >= 4 is 17.9 Å². The van der Waals surface area contributed by atoms with Gasteiger partial charge in [0.05, 0.1) is 0 Å². The van der Waals surface area contributed by atoms with E-state index in [9.17, 15) is 14.4 Å². The van der Waals surface area contributed by atoms with Crippen molar-refractivity contribution in [3.63, 3.8) is 0 Å². The normalized spacial score (nSPS) is 12.8. The van der Waals surface area contributed by atoms with Gasteiger partial charge in [-0.3, -0.25) is 14.4 Å². The van der Waals surface area contributed by atoms with Crippen molar-refractivity contribution in [1.29, 1.82) is 0 Å². The first-order chi connectivity index (χ1) is 33.0. The Labute approximate surface area is 413 Å². The Morgan fingerprint density at radius 1 is 0.313 bits per heavy atom. The lowest BCUT2D eigenvalue weighted by molar-refractivity contribution is -0.167. The molecule has 0 amide bonds. The fourth-order valence-electron chi connectivity index (χ4n) is 7.37. The fraction of sp³-hybridized carbons (Fsp3) is 0.689. The smallest absolute Gasteiger partial charge is 0.306 e. The minimum absolute atomic E-state index is 0.101. The summed E-state index contributed by atoms with van der Waals surface area (Å²) in [5.41, 5.74) is 0. The summed E-state index contributed by atoms with van der Waals surface area (Å²) in [7, 11) is 0. The van der Waals surface area contributed by atoms with Gasteiger partial charge in [-0.2, -0.15) is 0 Å². The highest BCUT2D eigenvalue weighted by atomic mass is 16.6. The molecule has 67 heavy (non-hydrogen) atoms. The molecule has 0 aliphatic rings. The van der Waals surface area contributed by atoms with E-state index in [0.29, 0.717) is 12.8 Å². The first kappa shape index (κ1) is 63.3. The quantitative estimate of drug-likeness (QED) is 0.0262. The number of carbonyl (C=O) groups is 3. The van der Waals surface area contributed by atoms with E-state index in [0.717, 1.165) is 135 Å². The molecule has 0 fully saturated rings. The first-order valence-electron chi connectivity index (χ1n) is 27.7. The molecule has 0 heterocycles. The number of hydrogen-bond acceptors (Lipinski definition) is 6. The van der Waals surface area contributed by atoms with Crippen LogP contribution in [0.25, 0.3) is 0 Å². The third-order valence-electron chi connectivity index (χ3n) is 11.5.